The lowest BCUT2D eigenvalue weighted by Crippen LogP contribution is -2.29. The summed E-state index contributed by atoms with van der Waals surface area (Å²) in [5.74, 6) is -0.765. The Balaban J connectivity index is 1.83. The van der Waals surface area contributed by atoms with Crippen LogP contribution in [0.15, 0.2) is 47.1 Å². The second kappa shape index (κ2) is 9.27. The van der Waals surface area contributed by atoms with Crippen LogP contribution in [-0.4, -0.2) is 31.4 Å². The second-order valence-electron chi connectivity index (χ2n) is 8.14. The van der Waals surface area contributed by atoms with E-state index < -0.39 is 21.9 Å². The summed E-state index contributed by atoms with van der Waals surface area (Å²) in [6.07, 6.45) is 1.04. The van der Waals surface area contributed by atoms with E-state index >= 15 is 0 Å². The standard InChI is InChI=1S/C25H30O5S/c1-5-18-13-17(4)14-19(6-2)23(18)24-22(26)15-20(30-25(24)27)11-12-31(28,29)21-9-7-16(3)8-10-21/h7-10,13-14,20,26H,5-6,11-12,15H2,1-4H3. The molecule has 0 aromatic heterocycles. The quantitative estimate of drug-likeness (QED) is 0.618. The van der Waals surface area contributed by atoms with E-state index in [1.165, 1.54) is 0 Å². The molecule has 1 atom stereocenters. The van der Waals surface area contributed by atoms with E-state index in [0.717, 1.165) is 40.7 Å². The molecule has 166 valence electrons. The van der Waals surface area contributed by atoms with Gasteiger partial charge in [-0.2, -0.15) is 0 Å². The first-order valence-electron chi connectivity index (χ1n) is 10.7. The van der Waals surface area contributed by atoms with Crippen LogP contribution in [0.5, 0.6) is 0 Å². The molecular formula is C25H30O5S. The molecular weight excluding hydrogens is 412 g/mol. The number of aliphatic hydroxyl groups excluding tert-OH is 1. The molecule has 1 unspecified atom stereocenters. The third-order valence-corrected chi connectivity index (χ3v) is 7.50. The van der Waals surface area contributed by atoms with Crippen LogP contribution < -0.4 is 0 Å². The molecule has 0 bridgehead atoms. The first-order chi connectivity index (χ1) is 14.7. The molecule has 5 nitrogen and oxygen atoms in total. The molecule has 1 aliphatic heterocycles. The number of carbonyl (C=O) groups is 1. The van der Waals surface area contributed by atoms with Crippen LogP contribution in [0.25, 0.3) is 5.57 Å². The number of hydrogen-bond acceptors (Lipinski definition) is 5. The van der Waals surface area contributed by atoms with Crippen molar-refractivity contribution in [1.82, 2.24) is 0 Å². The lowest BCUT2D eigenvalue weighted by atomic mass is 9.87. The zero-order valence-electron chi connectivity index (χ0n) is 18.6. The van der Waals surface area contributed by atoms with Gasteiger partial charge in [-0.3, -0.25) is 0 Å². The van der Waals surface area contributed by atoms with E-state index in [9.17, 15) is 18.3 Å². The summed E-state index contributed by atoms with van der Waals surface area (Å²) in [6.45, 7) is 7.94. The molecule has 0 saturated carbocycles. The minimum atomic E-state index is -3.49. The van der Waals surface area contributed by atoms with Crippen LogP contribution in [0.1, 0.15) is 54.5 Å². The first-order valence-corrected chi connectivity index (χ1v) is 12.4. The Kier molecular flexibility index (Phi) is 6.90. The Labute approximate surface area is 184 Å². The summed E-state index contributed by atoms with van der Waals surface area (Å²) in [6, 6.07) is 10.7. The summed E-state index contributed by atoms with van der Waals surface area (Å²) >= 11 is 0. The molecule has 0 spiro atoms. The molecule has 1 N–H and O–H groups in total. The van der Waals surface area contributed by atoms with E-state index in [-0.39, 0.29) is 34.8 Å². The van der Waals surface area contributed by atoms with Gasteiger partial charge in [-0.1, -0.05) is 49.2 Å². The van der Waals surface area contributed by atoms with Crippen molar-refractivity contribution in [3.05, 3.63) is 70.0 Å². The number of hydrogen-bond donors (Lipinski definition) is 1. The van der Waals surface area contributed by atoms with E-state index in [4.69, 9.17) is 4.74 Å². The normalized spacial score (nSPS) is 17.0. The zero-order valence-corrected chi connectivity index (χ0v) is 19.4. The van der Waals surface area contributed by atoms with Gasteiger partial charge in [0, 0.05) is 6.42 Å². The highest BCUT2D eigenvalue weighted by Gasteiger charge is 2.33. The molecule has 0 saturated heterocycles. The second-order valence-corrected chi connectivity index (χ2v) is 10.2. The number of ether oxygens (including phenoxy) is 1. The predicted molar refractivity (Wildman–Crippen MR) is 122 cm³/mol. The number of aliphatic hydroxyl groups is 1. The van der Waals surface area contributed by atoms with Crippen molar-refractivity contribution in [3.8, 4) is 0 Å². The minimum Gasteiger partial charge on any atom is -0.511 e. The number of carbonyl (C=O) groups excluding carboxylic acids is 1. The Morgan fingerprint density at radius 3 is 2.10 bits per heavy atom. The molecule has 0 radical (unpaired) electrons. The number of aryl methyl sites for hydroxylation is 4. The summed E-state index contributed by atoms with van der Waals surface area (Å²) in [7, 11) is -3.49. The van der Waals surface area contributed by atoms with Crippen LogP contribution in [0.4, 0.5) is 0 Å². The highest BCUT2D eigenvalue weighted by atomic mass is 32.2. The fourth-order valence-corrected chi connectivity index (χ4v) is 5.43. The average molecular weight is 443 g/mol. The summed E-state index contributed by atoms with van der Waals surface area (Å²) in [4.78, 5) is 13.1. The number of benzene rings is 2. The molecule has 1 heterocycles. The number of rotatable bonds is 7. The largest absolute Gasteiger partial charge is 0.511 e. The fourth-order valence-electron chi connectivity index (χ4n) is 4.07. The van der Waals surface area contributed by atoms with Gasteiger partial charge in [-0.05, 0) is 61.9 Å². The van der Waals surface area contributed by atoms with E-state index in [2.05, 4.69) is 0 Å². The van der Waals surface area contributed by atoms with Gasteiger partial charge in [0.15, 0.2) is 9.84 Å². The van der Waals surface area contributed by atoms with Gasteiger partial charge in [0.1, 0.15) is 17.4 Å². The number of esters is 1. The topological polar surface area (TPSA) is 80.7 Å². The lowest BCUT2D eigenvalue weighted by Gasteiger charge is -2.26. The van der Waals surface area contributed by atoms with Gasteiger partial charge >= 0.3 is 5.97 Å². The number of cyclic esters (lactones) is 1. The van der Waals surface area contributed by atoms with Gasteiger partial charge in [-0.25, -0.2) is 13.2 Å². The van der Waals surface area contributed by atoms with Gasteiger partial charge in [-0.15, -0.1) is 0 Å². The van der Waals surface area contributed by atoms with Crippen molar-refractivity contribution in [3.63, 3.8) is 0 Å². The summed E-state index contributed by atoms with van der Waals surface area (Å²) < 4.78 is 30.8. The number of sulfone groups is 1. The monoisotopic (exact) mass is 442 g/mol. The molecule has 0 aliphatic carbocycles. The molecule has 3 rings (SSSR count). The van der Waals surface area contributed by atoms with Gasteiger partial charge < -0.3 is 9.84 Å². The predicted octanol–water partition coefficient (Wildman–Crippen LogP) is 4.88. The lowest BCUT2D eigenvalue weighted by molar-refractivity contribution is -0.143. The first kappa shape index (κ1) is 23.1. The Morgan fingerprint density at radius 2 is 1.58 bits per heavy atom. The van der Waals surface area contributed by atoms with Crippen LogP contribution in [0, 0.1) is 13.8 Å². The molecule has 2 aromatic rings. The van der Waals surface area contributed by atoms with E-state index in [1.807, 2.05) is 39.8 Å². The average Bonchev–Trinajstić information content (AvgIpc) is 2.72. The SMILES string of the molecule is CCc1cc(C)cc(CC)c1C1=C(O)CC(CCS(=O)(=O)c2ccc(C)cc2)OC1=O. The van der Waals surface area contributed by atoms with Crippen LogP contribution >= 0.6 is 0 Å². The highest BCUT2D eigenvalue weighted by molar-refractivity contribution is 7.91. The van der Waals surface area contributed by atoms with E-state index in [1.54, 1.807) is 24.3 Å². The maximum Gasteiger partial charge on any atom is 0.342 e. The third-order valence-electron chi connectivity index (χ3n) is 5.73. The van der Waals surface area contributed by atoms with Crippen molar-refractivity contribution in [2.75, 3.05) is 5.75 Å². The van der Waals surface area contributed by atoms with Gasteiger partial charge in [0.2, 0.25) is 0 Å². The maximum atomic E-state index is 12.9. The highest BCUT2D eigenvalue weighted by Crippen LogP contribution is 2.34. The molecule has 31 heavy (non-hydrogen) atoms. The van der Waals surface area contributed by atoms with Crippen molar-refractivity contribution < 1.29 is 23.1 Å². The third kappa shape index (κ3) is 5.01. The molecule has 0 amide bonds. The van der Waals surface area contributed by atoms with Crippen molar-refractivity contribution in [1.29, 1.82) is 0 Å². The molecule has 1 aliphatic rings. The van der Waals surface area contributed by atoms with Gasteiger partial charge in [0.25, 0.3) is 0 Å². The minimum absolute atomic E-state index is 0.0257. The van der Waals surface area contributed by atoms with Crippen molar-refractivity contribution in [2.24, 2.45) is 0 Å². The smallest absolute Gasteiger partial charge is 0.342 e. The Hall–Kier alpha value is -2.60. The van der Waals surface area contributed by atoms with E-state index in [0.29, 0.717) is 0 Å². The molecule has 6 heteroatoms. The van der Waals surface area contributed by atoms with Crippen LogP contribution in [0.3, 0.4) is 0 Å². The Bertz CT molecular complexity index is 1090. The zero-order chi connectivity index (χ0) is 22.8. The molecule has 0 fully saturated rings. The van der Waals surface area contributed by atoms with Crippen molar-refractivity contribution in [2.45, 2.75) is 64.4 Å². The van der Waals surface area contributed by atoms with Crippen molar-refractivity contribution >= 4 is 21.4 Å². The fraction of sp³-hybridized carbons (Fsp3) is 0.400. The van der Waals surface area contributed by atoms with Gasteiger partial charge in [0.05, 0.1) is 10.6 Å². The summed E-state index contributed by atoms with van der Waals surface area (Å²) in [5, 5.41) is 10.8. The molecule has 2 aromatic carbocycles. The summed E-state index contributed by atoms with van der Waals surface area (Å²) in [5.41, 5.74) is 5.05. The maximum absolute atomic E-state index is 12.9. The Morgan fingerprint density at radius 1 is 1.00 bits per heavy atom. The van der Waals surface area contributed by atoms with Crippen LogP contribution in [0.2, 0.25) is 0 Å². The van der Waals surface area contributed by atoms with Crippen LogP contribution in [-0.2, 0) is 32.2 Å².